The Hall–Kier alpha value is -5.28. The molecule has 0 aromatic heterocycles. The molecule has 53 heavy (non-hydrogen) atoms. The van der Waals surface area contributed by atoms with Crippen LogP contribution in [-0.4, -0.2) is 81.2 Å². The van der Waals surface area contributed by atoms with Crippen LogP contribution in [0.2, 0.25) is 0 Å². The molecule has 0 saturated heterocycles. The molecule has 2 aliphatic rings. The minimum atomic E-state index is -4.12. The quantitative estimate of drug-likeness (QED) is 0.226. The van der Waals surface area contributed by atoms with Crippen LogP contribution in [0.15, 0.2) is 77.7 Å². The highest BCUT2D eigenvalue weighted by molar-refractivity contribution is 7.89. The first kappa shape index (κ1) is 40.5. The highest BCUT2D eigenvalue weighted by Crippen LogP contribution is 2.25. The van der Waals surface area contributed by atoms with Crippen molar-refractivity contribution in [2.24, 2.45) is 11.1 Å². The summed E-state index contributed by atoms with van der Waals surface area (Å²) in [7, 11) is -2.76. The van der Waals surface area contributed by atoms with Crippen molar-refractivity contribution in [1.82, 2.24) is 26.2 Å². The molecule has 0 saturated carbocycles. The van der Waals surface area contributed by atoms with E-state index < -0.39 is 57.7 Å². The van der Waals surface area contributed by atoms with E-state index in [2.05, 4.69) is 21.3 Å². The topological polar surface area (TPSA) is 206 Å². The Bertz CT molecular complexity index is 1890. The fourth-order valence-electron chi connectivity index (χ4n) is 5.88. The molecule has 2 bridgehead atoms. The number of nitrogens with one attached hydrogen (secondary N) is 4. The van der Waals surface area contributed by atoms with Gasteiger partial charge in [-0.2, -0.15) is 0 Å². The number of hydrogen-bond donors (Lipinski definition) is 5. The summed E-state index contributed by atoms with van der Waals surface area (Å²) in [4.78, 5) is 69.0. The molecule has 3 aromatic rings. The number of carbonyl (C=O) groups excluding carboxylic acids is 5. The third-order valence-corrected chi connectivity index (χ3v) is 9.67. The molecular formula is C38H48N6O8S. The first-order valence-electron chi connectivity index (χ1n) is 17.5. The Morgan fingerprint density at radius 3 is 2.21 bits per heavy atom. The van der Waals surface area contributed by atoms with Gasteiger partial charge in [0, 0.05) is 31.6 Å². The van der Waals surface area contributed by atoms with Crippen molar-refractivity contribution in [1.29, 1.82) is 0 Å². The van der Waals surface area contributed by atoms with Gasteiger partial charge in [0.1, 0.15) is 23.9 Å². The van der Waals surface area contributed by atoms with Gasteiger partial charge in [-0.1, -0.05) is 56.3 Å². The van der Waals surface area contributed by atoms with E-state index in [1.54, 1.807) is 31.2 Å². The number of hydrogen-bond acceptors (Lipinski definition) is 8. The number of rotatable bonds is 7. The van der Waals surface area contributed by atoms with Crippen LogP contribution in [0.5, 0.6) is 5.75 Å². The second-order valence-electron chi connectivity index (χ2n) is 13.5. The van der Waals surface area contributed by atoms with Gasteiger partial charge in [0.05, 0.1) is 17.6 Å². The maximum atomic E-state index is 14.0. The molecule has 0 unspecified atom stereocenters. The fraction of sp³-hybridized carbons (Fsp3) is 0.395. The first-order chi connectivity index (χ1) is 25.2. The van der Waals surface area contributed by atoms with E-state index in [-0.39, 0.29) is 53.7 Å². The molecule has 15 heteroatoms. The van der Waals surface area contributed by atoms with Gasteiger partial charge < -0.3 is 30.9 Å². The van der Waals surface area contributed by atoms with Crippen molar-refractivity contribution in [2.45, 2.75) is 76.0 Å². The molecular weight excluding hydrogens is 701 g/mol. The van der Waals surface area contributed by atoms with E-state index in [0.29, 0.717) is 24.8 Å². The van der Waals surface area contributed by atoms with Gasteiger partial charge in [0.15, 0.2) is 0 Å². The second-order valence-corrected chi connectivity index (χ2v) is 15.0. The summed E-state index contributed by atoms with van der Waals surface area (Å²) in [6.45, 7) is 5.93. The van der Waals surface area contributed by atoms with Gasteiger partial charge in [-0.25, -0.2) is 13.6 Å². The predicted molar refractivity (Wildman–Crippen MR) is 198 cm³/mol. The molecule has 0 aliphatic carbocycles. The summed E-state index contributed by atoms with van der Waals surface area (Å²) in [6.07, 6.45) is 1.37. The molecule has 14 nitrogen and oxygen atoms in total. The van der Waals surface area contributed by atoms with Crippen LogP contribution in [0.4, 0.5) is 0 Å². The minimum absolute atomic E-state index is 0.00285. The third kappa shape index (κ3) is 11.6. The normalized spacial score (nSPS) is 19.7. The van der Waals surface area contributed by atoms with Crippen molar-refractivity contribution in [2.75, 3.05) is 20.2 Å². The van der Waals surface area contributed by atoms with Crippen molar-refractivity contribution in [3.05, 3.63) is 95.1 Å². The van der Waals surface area contributed by atoms with Gasteiger partial charge >= 0.3 is 0 Å². The van der Waals surface area contributed by atoms with Crippen LogP contribution >= 0.6 is 0 Å². The molecule has 0 spiro atoms. The highest BCUT2D eigenvalue weighted by Gasteiger charge is 2.30. The lowest BCUT2D eigenvalue weighted by Crippen LogP contribution is -2.57. The average molecular weight is 749 g/mol. The molecule has 2 aliphatic heterocycles. The lowest BCUT2D eigenvalue weighted by Gasteiger charge is -2.25. The Morgan fingerprint density at radius 1 is 0.887 bits per heavy atom. The van der Waals surface area contributed by atoms with Crippen molar-refractivity contribution in [3.8, 4) is 5.75 Å². The molecule has 0 fully saturated rings. The van der Waals surface area contributed by atoms with Crippen molar-refractivity contribution < 1.29 is 37.1 Å². The maximum absolute atomic E-state index is 14.0. The molecule has 0 radical (unpaired) electrons. The summed E-state index contributed by atoms with van der Waals surface area (Å²) in [5.41, 5.74) is 1.72. The molecule has 2 heterocycles. The average Bonchev–Trinajstić information content (AvgIpc) is 3.12. The number of primary sulfonamides is 1. The number of fused-ring (bicyclic) bond motifs is 18. The number of sulfonamides is 1. The lowest BCUT2D eigenvalue weighted by atomic mass is 10.0. The third-order valence-electron chi connectivity index (χ3n) is 8.76. The molecule has 5 rings (SSSR count). The molecule has 284 valence electrons. The number of nitrogens with two attached hydrogens (primary N) is 1. The largest absolute Gasteiger partial charge is 0.496 e. The number of ether oxygens (including phenoxy) is 1. The van der Waals surface area contributed by atoms with Crippen LogP contribution in [0.3, 0.4) is 0 Å². The van der Waals surface area contributed by atoms with Crippen LogP contribution in [0, 0.1) is 5.92 Å². The van der Waals surface area contributed by atoms with Crippen molar-refractivity contribution in [3.63, 3.8) is 0 Å². The fourth-order valence-corrected chi connectivity index (χ4v) is 6.42. The van der Waals surface area contributed by atoms with E-state index in [9.17, 15) is 32.4 Å². The van der Waals surface area contributed by atoms with E-state index in [4.69, 9.17) is 9.88 Å². The minimum Gasteiger partial charge on any atom is -0.496 e. The van der Waals surface area contributed by atoms with Crippen LogP contribution in [0.25, 0.3) is 0 Å². The zero-order chi connectivity index (χ0) is 38.7. The summed E-state index contributed by atoms with van der Waals surface area (Å²) < 4.78 is 29.6. The smallest absolute Gasteiger partial charge is 0.257 e. The van der Waals surface area contributed by atoms with Crippen LogP contribution in [-0.2, 0) is 37.4 Å². The SMILES string of the molecule is COc1ccc(S(N)(=O)=O)cc1C(=O)N1CCCCNC(=O)[C@@H](C)NC(=O)[C@H](CC(C)C)NC(=O)[C@@H](Cc2ccccc2)NC(=O)c2ccc(cc2)C1. The van der Waals surface area contributed by atoms with Gasteiger partial charge in [-0.05, 0) is 73.6 Å². The lowest BCUT2D eigenvalue weighted by molar-refractivity contribution is -0.132. The van der Waals surface area contributed by atoms with E-state index in [1.807, 2.05) is 44.2 Å². The maximum Gasteiger partial charge on any atom is 0.257 e. The van der Waals surface area contributed by atoms with Crippen LogP contribution < -0.4 is 31.1 Å². The summed E-state index contributed by atoms with van der Waals surface area (Å²) in [6, 6.07) is 16.6. The monoisotopic (exact) mass is 748 g/mol. The molecule has 3 aromatic carbocycles. The summed E-state index contributed by atoms with van der Waals surface area (Å²) in [5, 5.41) is 16.5. The van der Waals surface area contributed by atoms with E-state index in [1.165, 1.54) is 30.2 Å². The Labute approximate surface area is 310 Å². The Kier molecular flexibility index (Phi) is 14.1. The van der Waals surface area contributed by atoms with E-state index >= 15 is 0 Å². The zero-order valence-electron chi connectivity index (χ0n) is 30.4. The van der Waals surface area contributed by atoms with Gasteiger partial charge in [0.2, 0.25) is 27.7 Å². The van der Waals surface area contributed by atoms with Gasteiger partial charge in [-0.15, -0.1) is 0 Å². The van der Waals surface area contributed by atoms with Gasteiger partial charge in [-0.3, -0.25) is 24.0 Å². The standard InChI is InChI=1S/C38H48N6O8S/c1-24(2)20-31-36(47)41-25(3)34(45)40-18-8-9-19-44(38(49)30-22-29(53(39,50)51)16-17-33(30)52-4)23-27-12-14-28(15-13-27)35(46)42-32(37(48)43-31)21-26-10-6-5-7-11-26/h5-7,10-17,22,24-25,31-32H,8-9,18-21,23H2,1-4H3,(H,40,45)(H,41,47)(H,42,46)(H,43,48)(H2,39,50,51)/t25-,31+,32-/m1/s1. The Balaban J connectivity index is 1.67. The molecule has 6 N–H and O–H groups in total. The number of benzene rings is 3. The second kappa shape index (κ2) is 18.5. The number of amides is 5. The zero-order valence-corrected chi connectivity index (χ0v) is 31.2. The highest BCUT2D eigenvalue weighted by atomic mass is 32.2. The number of nitrogens with zero attached hydrogens (tertiary/aromatic N) is 1. The predicted octanol–water partition coefficient (Wildman–Crippen LogP) is 2.27. The van der Waals surface area contributed by atoms with E-state index in [0.717, 1.165) is 5.56 Å². The Morgan fingerprint density at radius 2 is 1.57 bits per heavy atom. The van der Waals surface area contributed by atoms with Crippen molar-refractivity contribution >= 4 is 39.6 Å². The number of carbonyl (C=O) groups is 5. The van der Waals surface area contributed by atoms with Gasteiger partial charge in [0.25, 0.3) is 11.8 Å². The summed E-state index contributed by atoms with van der Waals surface area (Å²) in [5.74, 6) is -2.37. The first-order valence-corrected chi connectivity index (χ1v) is 19.0. The molecule has 5 amide bonds. The molecule has 3 atom stereocenters. The summed E-state index contributed by atoms with van der Waals surface area (Å²) >= 11 is 0. The van der Waals surface area contributed by atoms with Crippen LogP contribution in [0.1, 0.15) is 71.9 Å². The number of methoxy groups -OCH3 is 1.